The Morgan fingerprint density at radius 1 is 1.20 bits per heavy atom. The lowest BCUT2D eigenvalue weighted by molar-refractivity contribution is -0.142. The predicted molar refractivity (Wildman–Crippen MR) is 92.7 cm³/mol. The Balaban J connectivity index is 1.84. The summed E-state index contributed by atoms with van der Waals surface area (Å²) in [6, 6.07) is 5.48. The van der Waals surface area contributed by atoms with Gasteiger partial charge in [-0.3, -0.25) is 24.6 Å². The van der Waals surface area contributed by atoms with Gasteiger partial charge in [-0.05, 0) is 25.8 Å². The van der Waals surface area contributed by atoms with Crippen LogP contribution in [0.1, 0.15) is 37.8 Å². The summed E-state index contributed by atoms with van der Waals surface area (Å²) in [5.41, 5.74) is 1.37. The average molecular weight is 341 g/mol. The normalized spacial score (nSPS) is 33.2. The van der Waals surface area contributed by atoms with Gasteiger partial charge in [-0.1, -0.05) is 31.5 Å². The molecule has 2 saturated heterocycles. The van der Waals surface area contributed by atoms with Gasteiger partial charge in [0.15, 0.2) is 0 Å². The molecule has 0 aromatic heterocycles. The highest BCUT2D eigenvalue weighted by atomic mass is 16.2. The van der Waals surface area contributed by atoms with Crippen LogP contribution in [0.15, 0.2) is 18.2 Å². The predicted octanol–water partition coefficient (Wildman–Crippen LogP) is 1.54. The van der Waals surface area contributed by atoms with Gasteiger partial charge in [0.1, 0.15) is 5.54 Å². The van der Waals surface area contributed by atoms with Gasteiger partial charge in [0.2, 0.25) is 17.7 Å². The summed E-state index contributed by atoms with van der Waals surface area (Å²) in [5.74, 6) is -1.75. The van der Waals surface area contributed by atoms with E-state index in [-0.39, 0.29) is 23.8 Å². The number of para-hydroxylation sites is 1. The van der Waals surface area contributed by atoms with Gasteiger partial charge in [-0.15, -0.1) is 0 Å². The summed E-state index contributed by atoms with van der Waals surface area (Å²) < 4.78 is 0. The highest BCUT2D eigenvalue weighted by molar-refractivity contribution is 6.15. The summed E-state index contributed by atoms with van der Waals surface area (Å²) in [5, 5.41) is 6.26. The molecule has 0 unspecified atom stereocenters. The summed E-state index contributed by atoms with van der Waals surface area (Å²) in [7, 11) is 0. The summed E-state index contributed by atoms with van der Waals surface area (Å²) >= 11 is 0. The lowest BCUT2D eigenvalue weighted by Crippen LogP contribution is -2.52. The first-order valence-corrected chi connectivity index (χ1v) is 8.98. The second-order valence-corrected chi connectivity index (χ2v) is 7.38. The van der Waals surface area contributed by atoms with Crippen molar-refractivity contribution in [3.8, 4) is 0 Å². The molecule has 6 heteroatoms. The number of nitrogens with one attached hydrogen (secondary N) is 2. The molecule has 1 spiro atoms. The van der Waals surface area contributed by atoms with Crippen LogP contribution >= 0.6 is 0 Å². The number of hydrogen-bond acceptors (Lipinski definition) is 4. The highest BCUT2D eigenvalue weighted by Gasteiger charge is 2.69. The lowest BCUT2D eigenvalue weighted by Gasteiger charge is -2.29. The number of unbranched alkanes of at least 4 members (excludes halogenated alkanes) is 1. The summed E-state index contributed by atoms with van der Waals surface area (Å²) in [4.78, 5) is 40.4. The molecule has 0 aliphatic carbocycles. The van der Waals surface area contributed by atoms with Crippen molar-refractivity contribution in [3.63, 3.8) is 0 Å². The van der Waals surface area contributed by atoms with Gasteiger partial charge in [0.25, 0.3) is 0 Å². The Morgan fingerprint density at radius 2 is 1.96 bits per heavy atom. The number of rotatable bonds is 3. The zero-order valence-corrected chi connectivity index (χ0v) is 14.8. The molecule has 25 heavy (non-hydrogen) atoms. The zero-order valence-electron chi connectivity index (χ0n) is 14.8. The highest BCUT2D eigenvalue weighted by Crippen LogP contribution is 2.53. The van der Waals surface area contributed by atoms with Crippen LogP contribution in [0.25, 0.3) is 0 Å². The van der Waals surface area contributed by atoms with Crippen molar-refractivity contribution in [2.24, 2.45) is 11.8 Å². The third-order valence-corrected chi connectivity index (χ3v) is 5.93. The van der Waals surface area contributed by atoms with E-state index in [1.54, 1.807) is 0 Å². The smallest absolute Gasteiger partial charge is 0.250 e. The molecule has 2 fully saturated rings. The number of anilines is 1. The SMILES string of the molecule is CCCCN1C(=O)[C@H]2[C@@H](C1=O)[C@@]1(N[C@@H]2C)C(=O)Nc2c(C)cccc21. The average Bonchev–Trinajstić information content (AvgIpc) is 3.13. The first-order valence-electron chi connectivity index (χ1n) is 8.98. The number of carbonyl (C=O) groups is 3. The van der Waals surface area contributed by atoms with E-state index >= 15 is 0 Å². The minimum absolute atomic E-state index is 0.144. The van der Waals surface area contributed by atoms with Gasteiger partial charge in [0, 0.05) is 23.8 Å². The van der Waals surface area contributed by atoms with E-state index in [2.05, 4.69) is 10.6 Å². The van der Waals surface area contributed by atoms with Crippen molar-refractivity contribution in [2.75, 3.05) is 11.9 Å². The number of imide groups is 1. The minimum atomic E-state index is -1.14. The van der Waals surface area contributed by atoms with Crippen molar-refractivity contribution < 1.29 is 14.4 Å². The number of likely N-dealkylation sites (tertiary alicyclic amines) is 1. The van der Waals surface area contributed by atoms with E-state index in [1.807, 2.05) is 39.0 Å². The number of benzene rings is 1. The van der Waals surface area contributed by atoms with Crippen molar-refractivity contribution >= 4 is 23.4 Å². The molecular formula is C19H23N3O3. The van der Waals surface area contributed by atoms with E-state index in [9.17, 15) is 14.4 Å². The molecule has 0 radical (unpaired) electrons. The molecule has 3 aliphatic rings. The molecular weight excluding hydrogens is 318 g/mol. The quantitative estimate of drug-likeness (QED) is 0.818. The number of carbonyl (C=O) groups excluding carboxylic acids is 3. The Bertz CT molecular complexity index is 790. The third-order valence-electron chi connectivity index (χ3n) is 5.93. The van der Waals surface area contributed by atoms with Crippen LogP contribution in [0.2, 0.25) is 0 Å². The molecule has 0 saturated carbocycles. The number of fused-ring (bicyclic) bond motifs is 4. The fourth-order valence-electron chi connectivity index (χ4n) is 4.73. The second-order valence-electron chi connectivity index (χ2n) is 7.38. The molecule has 6 nitrogen and oxygen atoms in total. The Kier molecular flexibility index (Phi) is 3.51. The molecule has 1 aromatic carbocycles. The Hall–Kier alpha value is -2.21. The number of aryl methyl sites for hydroxylation is 1. The fraction of sp³-hybridized carbons (Fsp3) is 0.526. The van der Waals surface area contributed by atoms with E-state index in [1.165, 1.54) is 4.90 Å². The van der Waals surface area contributed by atoms with Gasteiger partial charge < -0.3 is 5.32 Å². The molecule has 0 bridgehead atoms. The number of nitrogens with zero attached hydrogens (tertiary/aromatic N) is 1. The first-order chi connectivity index (χ1) is 11.9. The fourth-order valence-corrected chi connectivity index (χ4v) is 4.73. The monoisotopic (exact) mass is 341 g/mol. The molecule has 3 aliphatic heterocycles. The number of amides is 3. The van der Waals surface area contributed by atoms with E-state index < -0.39 is 17.4 Å². The van der Waals surface area contributed by atoms with Crippen molar-refractivity contribution in [3.05, 3.63) is 29.3 Å². The molecule has 4 rings (SSSR count). The lowest BCUT2D eigenvalue weighted by atomic mass is 9.76. The molecule has 3 heterocycles. The molecule has 132 valence electrons. The summed E-state index contributed by atoms with van der Waals surface area (Å²) in [6.45, 7) is 6.29. The van der Waals surface area contributed by atoms with Crippen LogP contribution in [0.5, 0.6) is 0 Å². The Morgan fingerprint density at radius 3 is 2.68 bits per heavy atom. The van der Waals surface area contributed by atoms with Gasteiger partial charge in [-0.25, -0.2) is 0 Å². The molecule has 3 amide bonds. The molecule has 2 N–H and O–H groups in total. The molecule has 4 atom stereocenters. The first kappa shape index (κ1) is 16.3. The van der Waals surface area contributed by atoms with Gasteiger partial charge in [-0.2, -0.15) is 0 Å². The van der Waals surface area contributed by atoms with Crippen LogP contribution in [0, 0.1) is 18.8 Å². The van der Waals surface area contributed by atoms with Gasteiger partial charge in [0.05, 0.1) is 11.8 Å². The molecule has 1 aromatic rings. The van der Waals surface area contributed by atoms with Crippen molar-refractivity contribution in [1.29, 1.82) is 0 Å². The third kappa shape index (κ3) is 1.91. The van der Waals surface area contributed by atoms with Crippen molar-refractivity contribution in [1.82, 2.24) is 10.2 Å². The van der Waals surface area contributed by atoms with E-state index in [0.717, 1.165) is 29.7 Å². The second kappa shape index (κ2) is 5.39. The van der Waals surface area contributed by atoms with E-state index in [4.69, 9.17) is 0 Å². The van der Waals surface area contributed by atoms with E-state index in [0.29, 0.717) is 6.54 Å². The topological polar surface area (TPSA) is 78.5 Å². The zero-order chi connectivity index (χ0) is 17.9. The maximum absolute atomic E-state index is 13.1. The van der Waals surface area contributed by atoms with Crippen LogP contribution in [-0.2, 0) is 19.9 Å². The van der Waals surface area contributed by atoms with Crippen LogP contribution in [0.3, 0.4) is 0 Å². The summed E-state index contributed by atoms with van der Waals surface area (Å²) in [6.07, 6.45) is 1.70. The largest absolute Gasteiger partial charge is 0.324 e. The van der Waals surface area contributed by atoms with Gasteiger partial charge >= 0.3 is 0 Å². The number of hydrogen-bond donors (Lipinski definition) is 2. The Labute approximate surface area is 147 Å². The van der Waals surface area contributed by atoms with Crippen LogP contribution in [-0.4, -0.2) is 35.2 Å². The van der Waals surface area contributed by atoms with Crippen LogP contribution in [0.4, 0.5) is 5.69 Å². The minimum Gasteiger partial charge on any atom is -0.324 e. The van der Waals surface area contributed by atoms with Crippen molar-refractivity contribution in [2.45, 2.75) is 45.2 Å². The maximum Gasteiger partial charge on any atom is 0.250 e. The van der Waals surface area contributed by atoms with Crippen LogP contribution < -0.4 is 10.6 Å². The maximum atomic E-state index is 13.1. The standard InChI is InChI=1S/C19H23N3O3/c1-4-5-9-22-16(23)13-11(3)21-19(14(13)17(22)24)12-8-6-7-10(2)15(12)20-18(19)25/h6-8,11,13-14,21H,4-5,9H2,1-3H3,(H,20,25)/t11-,13-,14+,19-/m1/s1.